The Labute approximate surface area is 96.0 Å². The lowest BCUT2D eigenvalue weighted by Crippen LogP contribution is -2.19. The van der Waals surface area contributed by atoms with Gasteiger partial charge >= 0.3 is 0 Å². The van der Waals surface area contributed by atoms with Crippen LogP contribution in [0.2, 0.25) is 0 Å². The van der Waals surface area contributed by atoms with Gasteiger partial charge in [-0.25, -0.2) is 0 Å². The fourth-order valence-electron chi connectivity index (χ4n) is 2.77. The zero-order valence-electron chi connectivity index (χ0n) is 9.48. The number of hydrogen-bond acceptors (Lipinski definition) is 3. The molecule has 86 valence electrons. The minimum absolute atomic E-state index is 0.307. The smallest absolute Gasteiger partial charge is 0.0472 e. The van der Waals surface area contributed by atoms with Crippen LogP contribution in [-0.4, -0.2) is 24.2 Å². The molecule has 3 heteroatoms. The highest BCUT2D eigenvalue weighted by Gasteiger charge is 2.22. The van der Waals surface area contributed by atoms with Gasteiger partial charge in [0.15, 0.2) is 0 Å². The summed E-state index contributed by atoms with van der Waals surface area (Å²) >= 11 is 0. The van der Waals surface area contributed by atoms with E-state index in [9.17, 15) is 0 Å². The van der Waals surface area contributed by atoms with Crippen LogP contribution in [0.4, 0.5) is 0 Å². The molecule has 1 aromatic heterocycles. The summed E-state index contributed by atoms with van der Waals surface area (Å²) in [6, 6.07) is 2.58. The maximum absolute atomic E-state index is 5.97. The molecule has 1 aliphatic carbocycles. The van der Waals surface area contributed by atoms with E-state index in [0.717, 1.165) is 38.9 Å². The topological polar surface area (TPSA) is 48.1 Å². The molecule has 3 nitrogen and oxygen atoms in total. The second-order valence-electron chi connectivity index (χ2n) is 4.93. The zero-order valence-corrected chi connectivity index (χ0v) is 9.48. The summed E-state index contributed by atoms with van der Waals surface area (Å²) in [6.07, 6.45) is 6.27. The number of pyridine rings is 1. The molecular formula is C13H18N2O. The lowest BCUT2D eigenvalue weighted by atomic mass is 9.94. The van der Waals surface area contributed by atoms with Crippen LogP contribution >= 0.6 is 0 Å². The first-order chi connectivity index (χ1) is 7.83. The van der Waals surface area contributed by atoms with Crippen molar-refractivity contribution in [2.24, 2.45) is 5.73 Å². The highest BCUT2D eigenvalue weighted by molar-refractivity contribution is 5.33. The Morgan fingerprint density at radius 2 is 1.94 bits per heavy atom. The highest BCUT2D eigenvalue weighted by Crippen LogP contribution is 2.29. The maximum atomic E-state index is 5.97. The molecule has 0 amide bonds. The average molecular weight is 218 g/mol. The minimum Gasteiger partial charge on any atom is -0.381 e. The van der Waals surface area contributed by atoms with Gasteiger partial charge in [0.25, 0.3) is 0 Å². The molecule has 0 radical (unpaired) electrons. The summed E-state index contributed by atoms with van der Waals surface area (Å²) in [5, 5.41) is 0. The number of nitrogens with two attached hydrogens (primary N) is 1. The average Bonchev–Trinajstić information content (AvgIpc) is 2.69. The Morgan fingerprint density at radius 3 is 2.75 bits per heavy atom. The summed E-state index contributed by atoms with van der Waals surface area (Å²) in [4.78, 5) is 4.60. The standard InChI is InChI=1S/C13H18N2O/c14-12-5-10-7-13(15-8-11(10)6-12)9-1-3-16-4-2-9/h7-9,12H,1-6,14H2. The molecule has 0 bridgehead atoms. The van der Waals surface area contributed by atoms with Gasteiger partial charge in [-0.05, 0) is 42.9 Å². The first kappa shape index (κ1) is 10.2. The van der Waals surface area contributed by atoms with Crippen LogP contribution in [0, 0.1) is 0 Å². The van der Waals surface area contributed by atoms with E-state index >= 15 is 0 Å². The Balaban J connectivity index is 1.84. The predicted octanol–water partition coefficient (Wildman–Crippen LogP) is 1.40. The summed E-state index contributed by atoms with van der Waals surface area (Å²) < 4.78 is 5.38. The van der Waals surface area contributed by atoms with Gasteiger partial charge in [0, 0.05) is 37.1 Å². The zero-order chi connectivity index (χ0) is 11.0. The molecule has 1 aliphatic heterocycles. The molecule has 0 aromatic carbocycles. The third-order valence-corrected chi connectivity index (χ3v) is 3.71. The van der Waals surface area contributed by atoms with Crippen LogP contribution < -0.4 is 5.73 Å². The Bertz CT molecular complexity index is 386. The van der Waals surface area contributed by atoms with E-state index in [0.29, 0.717) is 12.0 Å². The normalized spacial score (nSPS) is 25.7. The van der Waals surface area contributed by atoms with E-state index in [2.05, 4.69) is 11.1 Å². The molecule has 1 aromatic rings. The van der Waals surface area contributed by atoms with Crippen molar-refractivity contribution in [2.75, 3.05) is 13.2 Å². The fourth-order valence-corrected chi connectivity index (χ4v) is 2.77. The van der Waals surface area contributed by atoms with Crippen molar-refractivity contribution < 1.29 is 4.74 Å². The Kier molecular flexibility index (Phi) is 2.65. The summed E-state index contributed by atoms with van der Waals surface area (Å²) in [6.45, 7) is 1.76. The van der Waals surface area contributed by atoms with Crippen molar-refractivity contribution in [3.05, 3.63) is 29.1 Å². The molecule has 1 saturated heterocycles. The van der Waals surface area contributed by atoms with Crippen molar-refractivity contribution in [1.82, 2.24) is 4.98 Å². The number of nitrogens with zero attached hydrogens (tertiary/aromatic N) is 1. The van der Waals surface area contributed by atoms with E-state index in [4.69, 9.17) is 10.5 Å². The first-order valence-corrected chi connectivity index (χ1v) is 6.14. The molecule has 0 spiro atoms. The van der Waals surface area contributed by atoms with E-state index in [1.54, 1.807) is 0 Å². The van der Waals surface area contributed by atoms with Crippen molar-refractivity contribution in [1.29, 1.82) is 0 Å². The molecule has 1 unspecified atom stereocenters. The highest BCUT2D eigenvalue weighted by atomic mass is 16.5. The summed E-state index contributed by atoms with van der Waals surface area (Å²) in [5.41, 5.74) is 9.98. The van der Waals surface area contributed by atoms with Gasteiger partial charge in [-0.3, -0.25) is 4.98 Å². The quantitative estimate of drug-likeness (QED) is 0.775. The predicted molar refractivity (Wildman–Crippen MR) is 62.4 cm³/mol. The van der Waals surface area contributed by atoms with Gasteiger partial charge < -0.3 is 10.5 Å². The lowest BCUT2D eigenvalue weighted by Gasteiger charge is -2.21. The van der Waals surface area contributed by atoms with Gasteiger partial charge in [-0.1, -0.05) is 0 Å². The van der Waals surface area contributed by atoms with E-state index in [1.165, 1.54) is 16.8 Å². The van der Waals surface area contributed by atoms with Crippen LogP contribution in [0.25, 0.3) is 0 Å². The van der Waals surface area contributed by atoms with E-state index in [1.807, 2.05) is 6.20 Å². The van der Waals surface area contributed by atoms with Gasteiger partial charge in [0.2, 0.25) is 0 Å². The molecule has 0 saturated carbocycles. The molecule has 1 fully saturated rings. The summed E-state index contributed by atoms with van der Waals surface area (Å²) in [5.74, 6) is 0.593. The number of ether oxygens (including phenoxy) is 1. The van der Waals surface area contributed by atoms with Crippen molar-refractivity contribution in [3.8, 4) is 0 Å². The molecule has 2 heterocycles. The fraction of sp³-hybridized carbons (Fsp3) is 0.615. The van der Waals surface area contributed by atoms with E-state index < -0.39 is 0 Å². The lowest BCUT2D eigenvalue weighted by molar-refractivity contribution is 0.0845. The van der Waals surface area contributed by atoms with Crippen LogP contribution in [-0.2, 0) is 17.6 Å². The van der Waals surface area contributed by atoms with Crippen molar-refractivity contribution >= 4 is 0 Å². The van der Waals surface area contributed by atoms with Crippen LogP contribution in [0.1, 0.15) is 35.6 Å². The minimum atomic E-state index is 0.307. The first-order valence-electron chi connectivity index (χ1n) is 6.14. The third-order valence-electron chi connectivity index (χ3n) is 3.71. The number of rotatable bonds is 1. The monoisotopic (exact) mass is 218 g/mol. The largest absolute Gasteiger partial charge is 0.381 e. The van der Waals surface area contributed by atoms with Gasteiger partial charge in [0.1, 0.15) is 0 Å². The SMILES string of the molecule is NC1Cc2cnc(C3CCOCC3)cc2C1. The molecule has 1 atom stereocenters. The molecular weight excluding hydrogens is 200 g/mol. The molecule has 2 N–H and O–H groups in total. The molecule has 3 rings (SSSR count). The number of aromatic nitrogens is 1. The number of hydrogen-bond donors (Lipinski definition) is 1. The maximum Gasteiger partial charge on any atom is 0.0472 e. The Morgan fingerprint density at radius 1 is 1.19 bits per heavy atom. The second-order valence-corrected chi connectivity index (χ2v) is 4.93. The van der Waals surface area contributed by atoms with Gasteiger partial charge in [-0.15, -0.1) is 0 Å². The van der Waals surface area contributed by atoms with Gasteiger partial charge in [0.05, 0.1) is 0 Å². The Hall–Kier alpha value is -0.930. The van der Waals surface area contributed by atoms with Crippen molar-refractivity contribution in [2.45, 2.75) is 37.6 Å². The third kappa shape index (κ3) is 1.85. The second kappa shape index (κ2) is 4.15. The number of fused-ring (bicyclic) bond motifs is 1. The van der Waals surface area contributed by atoms with Crippen LogP contribution in [0.3, 0.4) is 0 Å². The van der Waals surface area contributed by atoms with Crippen molar-refractivity contribution in [3.63, 3.8) is 0 Å². The van der Waals surface area contributed by atoms with Crippen LogP contribution in [0.5, 0.6) is 0 Å². The van der Waals surface area contributed by atoms with E-state index in [-0.39, 0.29) is 0 Å². The van der Waals surface area contributed by atoms with Gasteiger partial charge in [-0.2, -0.15) is 0 Å². The molecule has 2 aliphatic rings. The van der Waals surface area contributed by atoms with Crippen LogP contribution in [0.15, 0.2) is 12.3 Å². The summed E-state index contributed by atoms with van der Waals surface area (Å²) in [7, 11) is 0. The molecule has 16 heavy (non-hydrogen) atoms.